The molecule has 0 spiro atoms. The van der Waals surface area contributed by atoms with Gasteiger partial charge in [0.1, 0.15) is 5.75 Å². The van der Waals surface area contributed by atoms with Crippen molar-refractivity contribution in [2.45, 2.75) is 13.0 Å². The number of ether oxygens (including phenoxy) is 1. The van der Waals surface area contributed by atoms with E-state index in [1.807, 2.05) is 47.4 Å². The first-order chi connectivity index (χ1) is 14.7. The van der Waals surface area contributed by atoms with Crippen molar-refractivity contribution in [3.8, 4) is 5.75 Å². The van der Waals surface area contributed by atoms with Crippen LogP contribution in [0.2, 0.25) is 0 Å². The lowest BCUT2D eigenvalue weighted by Gasteiger charge is -2.36. The van der Waals surface area contributed by atoms with E-state index in [9.17, 15) is 4.79 Å². The van der Waals surface area contributed by atoms with Crippen LogP contribution < -0.4 is 20.3 Å². The summed E-state index contributed by atoms with van der Waals surface area (Å²) < 4.78 is 5.25. The Kier molecular flexibility index (Phi) is 7.94. The number of carbonyl (C=O) groups is 1. The molecule has 0 bridgehead atoms. The van der Waals surface area contributed by atoms with Crippen molar-refractivity contribution in [3.05, 3.63) is 60.2 Å². The Morgan fingerprint density at radius 1 is 1.03 bits per heavy atom. The van der Waals surface area contributed by atoms with E-state index >= 15 is 0 Å². The number of anilines is 1. The molecular weight excluding hydrogens is 378 g/mol. The van der Waals surface area contributed by atoms with E-state index in [-0.39, 0.29) is 5.91 Å². The fourth-order valence-corrected chi connectivity index (χ4v) is 3.49. The number of hydrogen-bond donors (Lipinski definition) is 2. The summed E-state index contributed by atoms with van der Waals surface area (Å²) in [5.74, 6) is 1.69. The number of rotatable bonds is 7. The number of aliphatic imine (C=N–C) groups is 1. The smallest absolute Gasteiger partial charge is 0.224 e. The van der Waals surface area contributed by atoms with Gasteiger partial charge in [-0.15, -0.1) is 0 Å². The molecule has 0 radical (unpaired) electrons. The van der Waals surface area contributed by atoms with E-state index < -0.39 is 0 Å². The van der Waals surface area contributed by atoms with Crippen molar-refractivity contribution < 1.29 is 9.53 Å². The molecule has 0 aromatic heterocycles. The fourth-order valence-electron chi connectivity index (χ4n) is 3.49. The molecule has 1 saturated heterocycles. The second kappa shape index (κ2) is 11.1. The quantitative estimate of drug-likeness (QED) is 0.541. The molecule has 30 heavy (non-hydrogen) atoms. The zero-order valence-corrected chi connectivity index (χ0v) is 17.8. The average Bonchev–Trinajstić information content (AvgIpc) is 2.82. The van der Waals surface area contributed by atoms with Crippen molar-refractivity contribution >= 4 is 17.6 Å². The highest BCUT2D eigenvalue weighted by Gasteiger charge is 2.20. The maximum Gasteiger partial charge on any atom is 0.224 e. The van der Waals surface area contributed by atoms with Crippen LogP contribution >= 0.6 is 0 Å². The Bertz CT molecular complexity index is 832. The van der Waals surface area contributed by atoms with Gasteiger partial charge in [0.05, 0.1) is 7.11 Å². The van der Waals surface area contributed by atoms with Gasteiger partial charge < -0.3 is 25.2 Å². The molecule has 2 N–H and O–H groups in total. The van der Waals surface area contributed by atoms with E-state index in [0.29, 0.717) is 25.5 Å². The lowest BCUT2D eigenvalue weighted by Crippen LogP contribution is -2.49. The SMILES string of the molecule is CN=C(NCCC(=O)N1CCN(c2ccccc2)CC1)NCc1cccc(OC)c1. The van der Waals surface area contributed by atoms with Gasteiger partial charge in [-0.2, -0.15) is 0 Å². The van der Waals surface area contributed by atoms with Crippen molar-refractivity contribution in [2.75, 3.05) is 51.8 Å². The van der Waals surface area contributed by atoms with Crippen LogP contribution in [0.3, 0.4) is 0 Å². The van der Waals surface area contributed by atoms with Crippen LogP contribution in [0.1, 0.15) is 12.0 Å². The van der Waals surface area contributed by atoms with Gasteiger partial charge in [0.25, 0.3) is 0 Å². The Hall–Kier alpha value is -3.22. The molecule has 3 rings (SSSR count). The maximum atomic E-state index is 12.6. The van der Waals surface area contributed by atoms with Crippen LogP contribution in [0.25, 0.3) is 0 Å². The second-order valence-electron chi connectivity index (χ2n) is 7.16. The molecule has 0 atom stereocenters. The third-order valence-corrected chi connectivity index (χ3v) is 5.20. The third kappa shape index (κ3) is 6.14. The van der Waals surface area contributed by atoms with Crippen molar-refractivity contribution in [1.82, 2.24) is 15.5 Å². The summed E-state index contributed by atoms with van der Waals surface area (Å²) in [7, 11) is 3.39. The predicted octanol–water partition coefficient (Wildman–Crippen LogP) is 2.10. The molecule has 2 aromatic rings. The topological polar surface area (TPSA) is 69.2 Å². The van der Waals surface area contributed by atoms with E-state index in [4.69, 9.17) is 4.74 Å². The first-order valence-corrected chi connectivity index (χ1v) is 10.3. The van der Waals surface area contributed by atoms with Gasteiger partial charge in [-0.05, 0) is 29.8 Å². The Balaban J connectivity index is 1.37. The predicted molar refractivity (Wildman–Crippen MR) is 121 cm³/mol. The summed E-state index contributed by atoms with van der Waals surface area (Å²) in [6, 6.07) is 18.2. The lowest BCUT2D eigenvalue weighted by atomic mass is 10.2. The van der Waals surface area contributed by atoms with Crippen molar-refractivity contribution in [2.24, 2.45) is 4.99 Å². The number of carbonyl (C=O) groups excluding carboxylic acids is 1. The molecule has 0 unspecified atom stereocenters. The third-order valence-electron chi connectivity index (χ3n) is 5.20. The summed E-state index contributed by atoms with van der Waals surface area (Å²) >= 11 is 0. The number of benzene rings is 2. The highest BCUT2D eigenvalue weighted by molar-refractivity contribution is 5.81. The summed E-state index contributed by atoms with van der Waals surface area (Å²) in [4.78, 5) is 21.1. The molecule has 1 heterocycles. The molecule has 160 valence electrons. The highest BCUT2D eigenvalue weighted by Crippen LogP contribution is 2.16. The molecule has 1 aliphatic heterocycles. The fraction of sp³-hybridized carbons (Fsp3) is 0.391. The largest absolute Gasteiger partial charge is 0.497 e. The highest BCUT2D eigenvalue weighted by atomic mass is 16.5. The minimum absolute atomic E-state index is 0.179. The summed E-state index contributed by atoms with van der Waals surface area (Å²) in [6.45, 7) is 4.44. The number of hydrogen-bond acceptors (Lipinski definition) is 4. The summed E-state index contributed by atoms with van der Waals surface area (Å²) in [6.07, 6.45) is 0.450. The number of guanidine groups is 1. The van der Waals surface area contributed by atoms with Gasteiger partial charge in [-0.3, -0.25) is 9.79 Å². The summed E-state index contributed by atoms with van der Waals surface area (Å²) in [5, 5.41) is 6.49. The first kappa shape index (κ1) is 21.5. The molecule has 1 aliphatic rings. The second-order valence-corrected chi connectivity index (χ2v) is 7.16. The van der Waals surface area contributed by atoms with Crippen molar-refractivity contribution in [3.63, 3.8) is 0 Å². The monoisotopic (exact) mass is 409 g/mol. The molecule has 1 amide bonds. The number of methoxy groups -OCH3 is 1. The molecule has 0 aliphatic carbocycles. The van der Waals surface area contributed by atoms with Crippen LogP contribution in [-0.4, -0.2) is 63.6 Å². The van der Waals surface area contributed by atoms with Crippen LogP contribution in [0.15, 0.2) is 59.6 Å². The average molecular weight is 410 g/mol. The first-order valence-electron chi connectivity index (χ1n) is 10.3. The van der Waals surface area contributed by atoms with Crippen LogP contribution in [0.4, 0.5) is 5.69 Å². The zero-order chi connectivity index (χ0) is 21.2. The Morgan fingerprint density at radius 3 is 2.50 bits per heavy atom. The van der Waals surface area contributed by atoms with E-state index in [1.54, 1.807) is 14.2 Å². The molecule has 0 saturated carbocycles. The number of amides is 1. The minimum Gasteiger partial charge on any atom is -0.497 e. The Labute approximate surface area is 178 Å². The van der Waals surface area contributed by atoms with Gasteiger partial charge in [0.15, 0.2) is 5.96 Å². The maximum absolute atomic E-state index is 12.6. The van der Waals surface area contributed by atoms with Crippen LogP contribution in [0.5, 0.6) is 5.75 Å². The number of nitrogens with zero attached hydrogens (tertiary/aromatic N) is 3. The molecule has 1 fully saturated rings. The van der Waals surface area contributed by atoms with Crippen LogP contribution in [0, 0.1) is 0 Å². The molecular formula is C23H31N5O2. The van der Waals surface area contributed by atoms with Crippen LogP contribution in [-0.2, 0) is 11.3 Å². The normalized spacial score (nSPS) is 14.4. The molecule has 7 heteroatoms. The Morgan fingerprint density at radius 2 is 1.80 bits per heavy atom. The minimum atomic E-state index is 0.179. The lowest BCUT2D eigenvalue weighted by molar-refractivity contribution is -0.131. The van der Waals surface area contributed by atoms with Gasteiger partial charge in [0.2, 0.25) is 5.91 Å². The van der Waals surface area contributed by atoms with E-state index in [0.717, 1.165) is 37.5 Å². The number of nitrogens with one attached hydrogen (secondary N) is 2. The van der Waals surface area contributed by atoms with Gasteiger partial charge in [-0.1, -0.05) is 30.3 Å². The number of piperazine rings is 1. The standard InChI is InChI=1S/C23H31N5O2/c1-24-23(26-18-19-7-6-10-21(17-19)30-2)25-12-11-22(29)28-15-13-27(14-16-28)20-8-4-3-5-9-20/h3-10,17H,11-16,18H2,1-2H3,(H2,24,25,26). The molecule has 2 aromatic carbocycles. The van der Waals surface area contributed by atoms with Crippen molar-refractivity contribution in [1.29, 1.82) is 0 Å². The number of para-hydroxylation sites is 1. The zero-order valence-electron chi connectivity index (χ0n) is 17.8. The summed E-state index contributed by atoms with van der Waals surface area (Å²) in [5.41, 5.74) is 2.32. The van der Waals surface area contributed by atoms with E-state index in [2.05, 4.69) is 32.7 Å². The molecule has 7 nitrogen and oxygen atoms in total. The van der Waals surface area contributed by atoms with Gasteiger partial charge >= 0.3 is 0 Å². The van der Waals surface area contributed by atoms with E-state index in [1.165, 1.54) is 5.69 Å². The van der Waals surface area contributed by atoms with Gasteiger partial charge in [-0.25, -0.2) is 0 Å². The van der Waals surface area contributed by atoms with Gasteiger partial charge in [0, 0.05) is 58.4 Å².